The molecule has 7 nitrogen and oxygen atoms in total. The minimum absolute atomic E-state index is 0. The van der Waals surface area contributed by atoms with Crippen molar-refractivity contribution in [2.45, 2.75) is 34.4 Å². The van der Waals surface area contributed by atoms with Crippen molar-refractivity contribution in [2.75, 3.05) is 9.80 Å². The number of fused-ring (bicyclic) bond motifs is 7. The van der Waals surface area contributed by atoms with E-state index in [1.807, 2.05) is 92.0 Å². The van der Waals surface area contributed by atoms with E-state index in [0.717, 1.165) is 56.1 Å². The van der Waals surface area contributed by atoms with Crippen LogP contribution < -0.4 is 9.80 Å². The molecule has 2 amide bonds. The number of hydrogen-bond donors (Lipinski definition) is 0. The summed E-state index contributed by atoms with van der Waals surface area (Å²) >= 11 is 0. The van der Waals surface area contributed by atoms with E-state index in [4.69, 9.17) is 0 Å². The second-order valence-corrected chi connectivity index (χ2v) is 10.2. The van der Waals surface area contributed by atoms with E-state index in [-0.39, 0.29) is 19.2 Å². The number of rotatable bonds is 0. The Morgan fingerprint density at radius 1 is 0.651 bits per heavy atom. The average molecular weight is 568 g/mol. The average Bonchev–Trinajstić information content (AvgIpc) is 3.36. The summed E-state index contributed by atoms with van der Waals surface area (Å²) in [7, 11) is 1.90. The molecule has 7 rings (SSSR count). The van der Waals surface area contributed by atoms with Crippen LogP contribution in [0.2, 0.25) is 0 Å². The molecule has 2 aliphatic heterocycles. The molecule has 3 heterocycles. The molecule has 0 radical (unpaired) electrons. The Kier molecular flexibility index (Phi) is 8.22. The van der Waals surface area contributed by atoms with Crippen molar-refractivity contribution in [1.29, 1.82) is 0 Å². The topological polar surface area (TPSA) is 71.3 Å². The molecule has 0 saturated heterocycles. The van der Waals surface area contributed by atoms with Gasteiger partial charge >= 0.3 is 0 Å². The van der Waals surface area contributed by atoms with Crippen LogP contribution in [0.25, 0.3) is 22.5 Å². The third-order valence-electron chi connectivity index (χ3n) is 7.51. The number of amides is 2. The fraction of sp³-hybridized carbons (Fsp3) is 0.167. The molecule has 2 aliphatic rings. The lowest BCUT2D eigenvalue weighted by Crippen LogP contribution is -2.29. The Hall–Kier alpha value is -5.48. The van der Waals surface area contributed by atoms with Gasteiger partial charge < -0.3 is 9.80 Å². The van der Waals surface area contributed by atoms with Crippen molar-refractivity contribution in [3.05, 3.63) is 119 Å². The quantitative estimate of drug-likeness (QED) is 0.198. The molecule has 0 saturated carbocycles. The molecule has 0 atom stereocenters. The molecule has 0 spiro atoms. The number of hydrogen-bond acceptors (Lipinski definition) is 4. The summed E-state index contributed by atoms with van der Waals surface area (Å²) in [5, 5.41) is 8.58. The van der Waals surface area contributed by atoms with Crippen molar-refractivity contribution >= 4 is 23.2 Å². The molecule has 7 heteroatoms. The maximum atomic E-state index is 12.2. The number of aryl methyl sites for hydroxylation is 1. The molecule has 0 N–H and O–H groups in total. The van der Waals surface area contributed by atoms with Gasteiger partial charge in [-0.15, -0.1) is 5.10 Å². The SMILES string of the molecule is C.CC(=O)N1Cc2ccccc2-c2c(nnn2C)-c2ccccc21.CC(=O)N1Cc2ccccc2C#Cc2ccccc21. The lowest BCUT2D eigenvalue weighted by Gasteiger charge is -2.27. The van der Waals surface area contributed by atoms with E-state index >= 15 is 0 Å². The van der Waals surface area contributed by atoms with Gasteiger partial charge in [-0.1, -0.05) is 97.3 Å². The number of aromatic nitrogens is 3. The van der Waals surface area contributed by atoms with Crippen molar-refractivity contribution in [3.63, 3.8) is 0 Å². The molecule has 0 unspecified atom stereocenters. The second kappa shape index (κ2) is 12.2. The molecular weight excluding hydrogens is 534 g/mol. The Balaban J connectivity index is 0.000000170. The van der Waals surface area contributed by atoms with E-state index < -0.39 is 0 Å². The zero-order valence-electron chi connectivity index (χ0n) is 23.7. The third kappa shape index (κ3) is 5.55. The highest BCUT2D eigenvalue weighted by atomic mass is 16.2. The first-order valence-electron chi connectivity index (χ1n) is 13.7. The van der Waals surface area contributed by atoms with Crippen LogP contribution in [0.4, 0.5) is 11.4 Å². The molecule has 5 aromatic rings. The highest BCUT2D eigenvalue weighted by Crippen LogP contribution is 2.40. The lowest BCUT2D eigenvalue weighted by atomic mass is 9.95. The van der Waals surface area contributed by atoms with Gasteiger partial charge in [0.25, 0.3) is 0 Å². The third-order valence-corrected chi connectivity index (χ3v) is 7.51. The van der Waals surface area contributed by atoms with E-state index in [2.05, 4.69) is 34.3 Å². The Bertz CT molecular complexity index is 1900. The molecule has 214 valence electrons. The van der Waals surface area contributed by atoms with Crippen LogP contribution in [-0.4, -0.2) is 26.8 Å². The highest BCUT2D eigenvalue weighted by molar-refractivity contribution is 5.99. The zero-order valence-corrected chi connectivity index (χ0v) is 23.7. The van der Waals surface area contributed by atoms with Gasteiger partial charge in [-0.3, -0.25) is 9.59 Å². The van der Waals surface area contributed by atoms with E-state index in [1.54, 1.807) is 28.3 Å². The Morgan fingerprint density at radius 2 is 1.16 bits per heavy atom. The van der Waals surface area contributed by atoms with Gasteiger partial charge in [-0.05, 0) is 35.4 Å². The van der Waals surface area contributed by atoms with Gasteiger partial charge in [0.2, 0.25) is 11.8 Å². The number of carbonyl (C=O) groups excluding carboxylic acids is 2. The molecule has 0 fully saturated rings. The number of nitrogens with zero attached hydrogens (tertiary/aromatic N) is 5. The Labute approximate surface area is 252 Å². The van der Waals surface area contributed by atoms with Gasteiger partial charge in [-0.25, -0.2) is 4.68 Å². The summed E-state index contributed by atoms with van der Waals surface area (Å²) in [4.78, 5) is 27.7. The van der Waals surface area contributed by atoms with Crippen LogP contribution >= 0.6 is 0 Å². The van der Waals surface area contributed by atoms with Crippen molar-refractivity contribution in [3.8, 4) is 34.4 Å². The van der Waals surface area contributed by atoms with Crippen molar-refractivity contribution < 1.29 is 9.59 Å². The first-order chi connectivity index (χ1) is 20.4. The summed E-state index contributed by atoms with van der Waals surface area (Å²) in [5.74, 6) is 6.40. The summed E-state index contributed by atoms with van der Waals surface area (Å²) in [6.45, 7) is 4.29. The molecular formula is C36H33N5O2. The van der Waals surface area contributed by atoms with Crippen LogP contribution in [0.15, 0.2) is 97.1 Å². The van der Waals surface area contributed by atoms with Gasteiger partial charge in [0.15, 0.2) is 0 Å². The molecule has 1 aromatic heterocycles. The largest absolute Gasteiger partial charge is 0.308 e. The monoisotopic (exact) mass is 567 g/mol. The first-order valence-corrected chi connectivity index (χ1v) is 13.7. The lowest BCUT2D eigenvalue weighted by molar-refractivity contribution is -0.117. The number of benzene rings is 4. The van der Waals surface area contributed by atoms with Gasteiger partial charge in [-0.2, -0.15) is 0 Å². The van der Waals surface area contributed by atoms with Gasteiger partial charge in [0.1, 0.15) is 5.69 Å². The number of anilines is 2. The number of para-hydroxylation sites is 2. The number of carbonyl (C=O) groups is 2. The summed E-state index contributed by atoms with van der Waals surface area (Å²) in [6, 6.07) is 31.7. The minimum atomic E-state index is 0. The maximum Gasteiger partial charge on any atom is 0.224 e. The summed E-state index contributed by atoms with van der Waals surface area (Å²) in [6.07, 6.45) is 0. The standard InChI is InChI=1S/C18H16N4O.C17H13NO.CH4/c1-12(23)22-11-13-7-3-4-8-14(13)18-17(19-20-21(18)2)15-9-5-6-10-16(15)22;1-13(19)18-12-16-8-3-2-6-14(16)10-11-15-7-4-5-9-17(15)18;/h3-10H,11H2,1-2H3;2-9H,12H2,1H3;1H4. The fourth-order valence-electron chi connectivity index (χ4n) is 5.44. The maximum absolute atomic E-state index is 12.2. The summed E-state index contributed by atoms with van der Waals surface area (Å²) in [5.41, 5.74) is 9.60. The van der Waals surface area contributed by atoms with E-state index in [9.17, 15) is 9.59 Å². The van der Waals surface area contributed by atoms with Gasteiger partial charge in [0, 0.05) is 43.1 Å². The predicted octanol–water partition coefficient (Wildman–Crippen LogP) is 6.60. The minimum Gasteiger partial charge on any atom is -0.308 e. The van der Waals surface area contributed by atoms with Crippen LogP contribution in [-0.2, 0) is 29.7 Å². The van der Waals surface area contributed by atoms with E-state index in [0.29, 0.717) is 13.1 Å². The second-order valence-electron chi connectivity index (χ2n) is 10.2. The van der Waals surface area contributed by atoms with Crippen molar-refractivity contribution in [2.24, 2.45) is 7.05 Å². The smallest absolute Gasteiger partial charge is 0.224 e. The van der Waals surface area contributed by atoms with Crippen molar-refractivity contribution in [1.82, 2.24) is 15.0 Å². The fourth-order valence-corrected chi connectivity index (χ4v) is 5.44. The van der Waals surface area contributed by atoms with Crippen LogP contribution in [0, 0.1) is 11.8 Å². The normalized spacial score (nSPS) is 12.3. The predicted molar refractivity (Wildman–Crippen MR) is 171 cm³/mol. The molecule has 0 bridgehead atoms. The molecule has 43 heavy (non-hydrogen) atoms. The van der Waals surface area contributed by atoms with Crippen LogP contribution in [0.5, 0.6) is 0 Å². The zero-order chi connectivity index (χ0) is 29.2. The molecule has 4 aromatic carbocycles. The van der Waals surface area contributed by atoms with Crippen LogP contribution in [0.1, 0.15) is 43.5 Å². The summed E-state index contributed by atoms with van der Waals surface area (Å²) < 4.78 is 1.80. The Morgan fingerprint density at radius 3 is 1.88 bits per heavy atom. The molecule has 0 aliphatic carbocycles. The van der Waals surface area contributed by atoms with E-state index in [1.165, 1.54) is 0 Å². The van der Waals surface area contributed by atoms with Crippen LogP contribution in [0.3, 0.4) is 0 Å². The first kappa shape index (κ1) is 29.0. The highest BCUT2D eigenvalue weighted by Gasteiger charge is 2.27. The van der Waals surface area contributed by atoms with Gasteiger partial charge in [0.05, 0.1) is 30.2 Å².